The molecular formula is C26H40O12. The number of hydrogen-bond acceptors (Lipinski definition) is 12. The summed E-state index contributed by atoms with van der Waals surface area (Å²) in [5, 5.41) is 0. The monoisotopic (exact) mass is 544 g/mol. The van der Waals surface area contributed by atoms with Gasteiger partial charge in [0.1, 0.15) is 12.2 Å². The molecule has 12 heteroatoms. The van der Waals surface area contributed by atoms with Crippen molar-refractivity contribution in [1.82, 2.24) is 0 Å². The molecule has 3 rings (SSSR count). The first-order valence-electron chi connectivity index (χ1n) is 13.5. The molecule has 1 aliphatic carbocycles. The number of ether oxygens (including phenoxy) is 8. The summed E-state index contributed by atoms with van der Waals surface area (Å²) >= 11 is 0. The van der Waals surface area contributed by atoms with E-state index in [4.69, 9.17) is 37.9 Å². The molecule has 0 aromatic carbocycles. The number of methoxy groups -OCH3 is 1. The van der Waals surface area contributed by atoms with E-state index in [0.29, 0.717) is 12.8 Å². The Morgan fingerprint density at radius 1 is 0.737 bits per heavy atom. The summed E-state index contributed by atoms with van der Waals surface area (Å²) in [6.07, 6.45) is 0.617. The Labute approximate surface area is 222 Å². The summed E-state index contributed by atoms with van der Waals surface area (Å²) in [6.45, 7) is 6.08. The van der Waals surface area contributed by atoms with Crippen LogP contribution in [0.4, 0.5) is 0 Å². The third-order valence-corrected chi connectivity index (χ3v) is 7.09. The maximum atomic E-state index is 13.2. The molecule has 0 amide bonds. The van der Waals surface area contributed by atoms with Gasteiger partial charge in [-0.25, -0.2) is 0 Å². The number of carbonyl (C=O) groups excluding carboxylic acids is 4. The molecular weight excluding hydrogens is 504 g/mol. The number of rotatable bonds is 12. The standard InChI is InChI=1S/C26H40O12/c1-6-32-21(27)16(22(28)33-7-2)15(17(23(29)34-8-3)24(30)35-9-4)18-19(31-5)20-25(36-18)38-26(37-20)13-11-10-12-14-26/h15-20,25H,6-14H2,1-5H3/t18-,19+,20-,25-/m1/s1. The van der Waals surface area contributed by atoms with Gasteiger partial charge in [-0.05, 0) is 40.5 Å². The molecule has 0 aromatic heterocycles. The Bertz CT molecular complexity index is 762. The Balaban J connectivity index is 2.07. The highest BCUT2D eigenvalue weighted by Crippen LogP contribution is 2.48. The fourth-order valence-corrected chi connectivity index (χ4v) is 5.58. The molecule has 1 saturated carbocycles. The fourth-order valence-electron chi connectivity index (χ4n) is 5.58. The first-order chi connectivity index (χ1) is 18.3. The zero-order valence-corrected chi connectivity index (χ0v) is 22.8. The van der Waals surface area contributed by atoms with Crippen molar-refractivity contribution in [1.29, 1.82) is 0 Å². The topological polar surface area (TPSA) is 142 Å². The van der Waals surface area contributed by atoms with Gasteiger partial charge in [-0.2, -0.15) is 0 Å². The van der Waals surface area contributed by atoms with E-state index in [9.17, 15) is 19.2 Å². The van der Waals surface area contributed by atoms with Crippen molar-refractivity contribution in [2.75, 3.05) is 33.5 Å². The van der Waals surface area contributed by atoms with Gasteiger partial charge in [0.15, 0.2) is 23.9 Å². The summed E-state index contributed by atoms with van der Waals surface area (Å²) in [7, 11) is 1.42. The van der Waals surface area contributed by atoms with Crippen molar-refractivity contribution in [3.63, 3.8) is 0 Å². The number of esters is 4. The van der Waals surface area contributed by atoms with E-state index in [0.717, 1.165) is 19.3 Å². The summed E-state index contributed by atoms with van der Waals surface area (Å²) < 4.78 is 45.4. The van der Waals surface area contributed by atoms with Crippen molar-refractivity contribution in [2.24, 2.45) is 17.8 Å². The molecule has 216 valence electrons. The summed E-state index contributed by atoms with van der Waals surface area (Å²) in [5.41, 5.74) is 0. The highest BCUT2D eigenvalue weighted by molar-refractivity contribution is 6.00. The minimum Gasteiger partial charge on any atom is -0.465 e. The van der Waals surface area contributed by atoms with Crippen LogP contribution in [0.2, 0.25) is 0 Å². The highest BCUT2D eigenvalue weighted by atomic mass is 16.8. The normalized spacial score (nSPS) is 26.0. The zero-order valence-electron chi connectivity index (χ0n) is 22.8. The molecule has 2 heterocycles. The molecule has 0 unspecified atom stereocenters. The van der Waals surface area contributed by atoms with Gasteiger partial charge in [0.05, 0.1) is 32.5 Å². The molecule has 0 aromatic rings. The van der Waals surface area contributed by atoms with Crippen molar-refractivity contribution >= 4 is 23.9 Å². The Morgan fingerprint density at radius 3 is 1.58 bits per heavy atom. The molecule has 0 N–H and O–H groups in total. The van der Waals surface area contributed by atoms with Crippen molar-refractivity contribution < 1.29 is 57.1 Å². The first-order valence-corrected chi connectivity index (χ1v) is 13.5. The highest BCUT2D eigenvalue weighted by Gasteiger charge is 2.64. The van der Waals surface area contributed by atoms with Crippen LogP contribution < -0.4 is 0 Å². The minimum absolute atomic E-state index is 0.0514. The second-order valence-corrected chi connectivity index (χ2v) is 9.38. The molecule has 2 saturated heterocycles. The number of carbonyl (C=O) groups is 4. The molecule has 4 atom stereocenters. The van der Waals surface area contributed by atoms with Gasteiger partial charge >= 0.3 is 23.9 Å². The molecule has 1 spiro atoms. The lowest BCUT2D eigenvalue weighted by molar-refractivity contribution is -0.256. The van der Waals surface area contributed by atoms with E-state index in [1.165, 1.54) is 7.11 Å². The third kappa shape index (κ3) is 6.30. The summed E-state index contributed by atoms with van der Waals surface area (Å²) in [4.78, 5) is 52.9. The van der Waals surface area contributed by atoms with Crippen LogP contribution in [0.1, 0.15) is 59.8 Å². The Hall–Kier alpha value is -2.28. The minimum atomic E-state index is -1.72. The van der Waals surface area contributed by atoms with Gasteiger partial charge in [-0.15, -0.1) is 0 Å². The first kappa shape index (κ1) is 30.3. The van der Waals surface area contributed by atoms with E-state index >= 15 is 0 Å². The van der Waals surface area contributed by atoms with Gasteiger partial charge < -0.3 is 37.9 Å². The van der Waals surface area contributed by atoms with Gasteiger partial charge in [-0.1, -0.05) is 6.42 Å². The smallest absolute Gasteiger partial charge is 0.320 e. The lowest BCUT2D eigenvalue weighted by atomic mass is 9.75. The number of hydrogen-bond donors (Lipinski definition) is 0. The van der Waals surface area contributed by atoms with Crippen molar-refractivity contribution in [3.05, 3.63) is 0 Å². The van der Waals surface area contributed by atoms with Gasteiger partial charge in [0, 0.05) is 25.9 Å². The Morgan fingerprint density at radius 2 is 1.18 bits per heavy atom. The van der Waals surface area contributed by atoms with Crippen LogP contribution in [0.3, 0.4) is 0 Å². The SMILES string of the molecule is CCOC(=O)C(C(=O)OCC)C(C(C(=O)OCC)C(=O)OCC)[C@H]1O[C@@H]2OC3(CCCCC3)O[C@@H]2[C@H]1OC. The van der Waals surface area contributed by atoms with Crippen LogP contribution in [-0.2, 0) is 57.1 Å². The van der Waals surface area contributed by atoms with Crippen molar-refractivity contribution in [2.45, 2.75) is 90.2 Å². The summed E-state index contributed by atoms with van der Waals surface area (Å²) in [6, 6.07) is 0. The van der Waals surface area contributed by atoms with E-state index in [1.807, 2.05) is 0 Å². The average Bonchev–Trinajstić information content (AvgIpc) is 3.38. The van der Waals surface area contributed by atoms with E-state index in [-0.39, 0.29) is 26.4 Å². The maximum Gasteiger partial charge on any atom is 0.320 e. The van der Waals surface area contributed by atoms with Crippen LogP contribution in [0.25, 0.3) is 0 Å². The molecule has 12 nitrogen and oxygen atoms in total. The quantitative estimate of drug-likeness (QED) is 0.201. The van der Waals surface area contributed by atoms with Crippen LogP contribution in [0, 0.1) is 17.8 Å². The van der Waals surface area contributed by atoms with E-state index in [2.05, 4.69) is 0 Å². The molecule has 2 aliphatic heterocycles. The van der Waals surface area contributed by atoms with Crippen LogP contribution in [0.15, 0.2) is 0 Å². The van der Waals surface area contributed by atoms with E-state index in [1.54, 1.807) is 27.7 Å². The maximum absolute atomic E-state index is 13.2. The molecule has 38 heavy (non-hydrogen) atoms. The van der Waals surface area contributed by atoms with Gasteiger partial charge in [0.25, 0.3) is 0 Å². The second-order valence-electron chi connectivity index (χ2n) is 9.38. The second kappa shape index (κ2) is 13.7. The molecule has 3 aliphatic rings. The zero-order chi connectivity index (χ0) is 27.9. The molecule has 0 radical (unpaired) electrons. The molecule has 3 fully saturated rings. The van der Waals surface area contributed by atoms with Gasteiger partial charge in [-0.3, -0.25) is 19.2 Å². The largest absolute Gasteiger partial charge is 0.465 e. The van der Waals surface area contributed by atoms with Crippen molar-refractivity contribution in [3.8, 4) is 0 Å². The summed E-state index contributed by atoms with van der Waals surface area (Å²) in [5.74, 6) is -9.62. The van der Waals surface area contributed by atoms with Gasteiger partial charge in [0.2, 0.25) is 0 Å². The third-order valence-electron chi connectivity index (χ3n) is 7.09. The molecule has 0 bridgehead atoms. The predicted octanol–water partition coefficient (Wildman–Crippen LogP) is 1.90. The van der Waals surface area contributed by atoms with Crippen LogP contribution in [0.5, 0.6) is 0 Å². The van der Waals surface area contributed by atoms with E-state index < -0.39 is 72.0 Å². The lowest BCUT2D eigenvalue weighted by Gasteiger charge is -2.37. The fraction of sp³-hybridized carbons (Fsp3) is 0.846. The predicted molar refractivity (Wildman–Crippen MR) is 128 cm³/mol. The van der Waals surface area contributed by atoms with Crippen LogP contribution >= 0.6 is 0 Å². The lowest BCUT2D eigenvalue weighted by Crippen LogP contribution is -2.53. The Kier molecular flexibility index (Phi) is 10.9. The van der Waals surface area contributed by atoms with Crippen LogP contribution in [-0.4, -0.2) is 87.8 Å². The number of fused-ring (bicyclic) bond motifs is 1. The average molecular weight is 545 g/mol.